The summed E-state index contributed by atoms with van der Waals surface area (Å²) in [6, 6.07) is 7.22. The SMILES string of the molecule is CSc1cccc(NC(=O)[C@@H](N)C(C)(C)C)c1. The first-order valence-corrected chi connectivity index (χ1v) is 6.77. The first-order chi connectivity index (χ1) is 7.84. The molecule has 0 saturated carbocycles. The van der Waals surface area contributed by atoms with Gasteiger partial charge in [0, 0.05) is 10.6 Å². The van der Waals surface area contributed by atoms with Crippen LogP contribution in [-0.2, 0) is 4.79 Å². The smallest absolute Gasteiger partial charge is 0.241 e. The van der Waals surface area contributed by atoms with Crippen molar-refractivity contribution in [2.24, 2.45) is 11.1 Å². The van der Waals surface area contributed by atoms with Crippen LogP contribution in [0.25, 0.3) is 0 Å². The van der Waals surface area contributed by atoms with Gasteiger partial charge in [0.2, 0.25) is 5.91 Å². The molecule has 17 heavy (non-hydrogen) atoms. The van der Waals surface area contributed by atoms with Gasteiger partial charge in [-0.25, -0.2) is 0 Å². The van der Waals surface area contributed by atoms with E-state index in [4.69, 9.17) is 5.73 Å². The minimum absolute atomic E-state index is 0.143. The van der Waals surface area contributed by atoms with Crippen molar-refractivity contribution in [2.45, 2.75) is 31.7 Å². The van der Waals surface area contributed by atoms with Crippen molar-refractivity contribution < 1.29 is 4.79 Å². The number of benzene rings is 1. The fourth-order valence-electron chi connectivity index (χ4n) is 1.31. The maximum absolute atomic E-state index is 11.9. The van der Waals surface area contributed by atoms with E-state index in [1.54, 1.807) is 11.8 Å². The summed E-state index contributed by atoms with van der Waals surface area (Å²) in [5, 5.41) is 2.85. The standard InChI is InChI=1S/C13H20N2OS/c1-13(2,3)11(14)12(16)15-9-6-5-7-10(8-9)17-4/h5-8,11H,14H2,1-4H3,(H,15,16)/t11-/m1/s1. The molecule has 0 heterocycles. The molecule has 0 aliphatic carbocycles. The minimum Gasteiger partial charge on any atom is -0.325 e. The first-order valence-electron chi connectivity index (χ1n) is 5.55. The monoisotopic (exact) mass is 252 g/mol. The Hall–Kier alpha value is -1.00. The van der Waals surface area contributed by atoms with Crippen molar-refractivity contribution in [2.75, 3.05) is 11.6 Å². The third-order valence-corrected chi connectivity index (χ3v) is 3.28. The Morgan fingerprint density at radius 1 is 1.41 bits per heavy atom. The molecule has 0 aliphatic rings. The predicted octanol–water partition coefficient (Wildman–Crippen LogP) is 2.72. The second-order valence-corrected chi connectivity index (χ2v) is 5.94. The highest BCUT2D eigenvalue weighted by Crippen LogP contribution is 2.21. The lowest BCUT2D eigenvalue weighted by Gasteiger charge is -2.25. The van der Waals surface area contributed by atoms with Crippen LogP contribution in [0.5, 0.6) is 0 Å². The molecule has 3 nitrogen and oxygen atoms in total. The normalized spacial score (nSPS) is 13.2. The number of hydrogen-bond acceptors (Lipinski definition) is 3. The number of hydrogen-bond donors (Lipinski definition) is 2. The summed E-state index contributed by atoms with van der Waals surface area (Å²) in [6.45, 7) is 5.86. The molecule has 0 unspecified atom stereocenters. The van der Waals surface area contributed by atoms with Gasteiger partial charge in [-0.05, 0) is 29.9 Å². The zero-order valence-electron chi connectivity index (χ0n) is 10.8. The number of carbonyl (C=O) groups excluding carboxylic acids is 1. The minimum atomic E-state index is -0.513. The second-order valence-electron chi connectivity index (χ2n) is 5.06. The van der Waals surface area contributed by atoms with Gasteiger partial charge in [0.1, 0.15) is 0 Å². The summed E-state index contributed by atoms with van der Waals surface area (Å²) in [5.74, 6) is -0.143. The molecule has 1 aromatic carbocycles. The number of nitrogens with one attached hydrogen (secondary N) is 1. The zero-order valence-corrected chi connectivity index (χ0v) is 11.6. The Balaban J connectivity index is 2.74. The lowest BCUT2D eigenvalue weighted by molar-refractivity contribution is -0.119. The van der Waals surface area contributed by atoms with E-state index in [9.17, 15) is 4.79 Å². The first kappa shape index (κ1) is 14.1. The van der Waals surface area contributed by atoms with Gasteiger partial charge in [-0.2, -0.15) is 0 Å². The van der Waals surface area contributed by atoms with E-state index in [0.717, 1.165) is 10.6 Å². The van der Waals surface area contributed by atoms with Crippen molar-refractivity contribution in [1.29, 1.82) is 0 Å². The van der Waals surface area contributed by atoms with Crippen LogP contribution in [0.15, 0.2) is 29.2 Å². The van der Waals surface area contributed by atoms with Gasteiger partial charge in [-0.3, -0.25) is 4.79 Å². The third kappa shape index (κ3) is 4.06. The largest absolute Gasteiger partial charge is 0.325 e. The highest BCUT2D eigenvalue weighted by Gasteiger charge is 2.27. The van der Waals surface area contributed by atoms with Gasteiger partial charge in [0.15, 0.2) is 0 Å². The molecule has 1 amide bonds. The fraction of sp³-hybridized carbons (Fsp3) is 0.462. The average molecular weight is 252 g/mol. The van der Waals surface area contributed by atoms with E-state index < -0.39 is 6.04 Å². The maximum Gasteiger partial charge on any atom is 0.241 e. The Morgan fingerprint density at radius 3 is 2.59 bits per heavy atom. The fourth-order valence-corrected chi connectivity index (χ4v) is 1.77. The lowest BCUT2D eigenvalue weighted by Crippen LogP contribution is -2.45. The molecule has 1 atom stereocenters. The molecule has 0 saturated heterocycles. The highest BCUT2D eigenvalue weighted by atomic mass is 32.2. The Labute approximate surface area is 107 Å². The number of rotatable bonds is 3. The van der Waals surface area contributed by atoms with Gasteiger partial charge in [0.05, 0.1) is 6.04 Å². The molecule has 94 valence electrons. The summed E-state index contributed by atoms with van der Waals surface area (Å²) in [4.78, 5) is 13.0. The van der Waals surface area contributed by atoms with E-state index in [1.807, 2.05) is 51.3 Å². The predicted molar refractivity (Wildman–Crippen MR) is 74.3 cm³/mol. The molecule has 1 rings (SSSR count). The molecule has 0 aliphatic heterocycles. The van der Waals surface area contributed by atoms with Gasteiger partial charge in [-0.1, -0.05) is 26.8 Å². The zero-order chi connectivity index (χ0) is 13.1. The Morgan fingerprint density at radius 2 is 2.06 bits per heavy atom. The average Bonchev–Trinajstić information content (AvgIpc) is 2.27. The summed E-state index contributed by atoms with van der Waals surface area (Å²) in [6.07, 6.45) is 2.00. The molecule has 1 aromatic rings. The quantitative estimate of drug-likeness (QED) is 0.813. The molecule has 0 fully saturated rings. The van der Waals surface area contributed by atoms with Crippen LogP contribution in [0, 0.1) is 5.41 Å². The van der Waals surface area contributed by atoms with E-state index in [1.165, 1.54) is 0 Å². The van der Waals surface area contributed by atoms with Crippen LogP contribution in [0.4, 0.5) is 5.69 Å². The van der Waals surface area contributed by atoms with Crippen molar-refractivity contribution in [3.8, 4) is 0 Å². The highest BCUT2D eigenvalue weighted by molar-refractivity contribution is 7.98. The van der Waals surface area contributed by atoms with Gasteiger partial charge in [0.25, 0.3) is 0 Å². The van der Waals surface area contributed by atoms with E-state index in [0.29, 0.717) is 0 Å². The maximum atomic E-state index is 11.9. The van der Waals surface area contributed by atoms with Crippen molar-refractivity contribution in [3.05, 3.63) is 24.3 Å². The lowest BCUT2D eigenvalue weighted by atomic mass is 9.87. The molecule has 4 heteroatoms. The number of anilines is 1. The molecular weight excluding hydrogens is 232 g/mol. The van der Waals surface area contributed by atoms with Gasteiger partial charge in [-0.15, -0.1) is 11.8 Å². The van der Waals surface area contributed by atoms with E-state index in [-0.39, 0.29) is 11.3 Å². The van der Waals surface area contributed by atoms with Crippen molar-refractivity contribution in [1.82, 2.24) is 0 Å². The number of thioether (sulfide) groups is 1. The molecule has 0 radical (unpaired) electrons. The van der Waals surface area contributed by atoms with Crippen LogP contribution < -0.4 is 11.1 Å². The second kappa shape index (κ2) is 5.56. The topological polar surface area (TPSA) is 55.1 Å². The molecule has 0 bridgehead atoms. The van der Waals surface area contributed by atoms with Crippen LogP contribution in [0.2, 0.25) is 0 Å². The van der Waals surface area contributed by atoms with E-state index >= 15 is 0 Å². The van der Waals surface area contributed by atoms with Crippen LogP contribution in [0.3, 0.4) is 0 Å². The molecule has 0 spiro atoms. The Kier molecular flexibility index (Phi) is 4.60. The molecular formula is C13H20N2OS. The molecule has 0 aromatic heterocycles. The van der Waals surface area contributed by atoms with Crippen LogP contribution >= 0.6 is 11.8 Å². The van der Waals surface area contributed by atoms with Gasteiger partial charge < -0.3 is 11.1 Å². The van der Waals surface area contributed by atoms with Crippen LogP contribution in [-0.4, -0.2) is 18.2 Å². The molecule has 3 N–H and O–H groups in total. The van der Waals surface area contributed by atoms with Gasteiger partial charge >= 0.3 is 0 Å². The summed E-state index contributed by atoms with van der Waals surface area (Å²) >= 11 is 1.64. The third-order valence-electron chi connectivity index (χ3n) is 2.55. The Bertz CT molecular complexity index is 399. The van der Waals surface area contributed by atoms with E-state index in [2.05, 4.69) is 5.32 Å². The van der Waals surface area contributed by atoms with Crippen LogP contribution in [0.1, 0.15) is 20.8 Å². The number of nitrogens with two attached hydrogens (primary N) is 1. The number of amides is 1. The number of carbonyl (C=O) groups is 1. The van der Waals surface area contributed by atoms with Crippen molar-refractivity contribution >= 4 is 23.4 Å². The summed E-state index contributed by atoms with van der Waals surface area (Å²) in [7, 11) is 0. The summed E-state index contributed by atoms with van der Waals surface area (Å²) < 4.78 is 0. The van der Waals surface area contributed by atoms with Crippen molar-refractivity contribution in [3.63, 3.8) is 0 Å². The summed E-state index contributed by atoms with van der Waals surface area (Å²) in [5.41, 5.74) is 6.45.